The van der Waals surface area contributed by atoms with Crippen molar-refractivity contribution in [3.8, 4) is 0 Å². The second kappa shape index (κ2) is 5.30. The predicted octanol–water partition coefficient (Wildman–Crippen LogP) is 2.63. The van der Waals surface area contributed by atoms with Gasteiger partial charge in [0.15, 0.2) is 0 Å². The van der Waals surface area contributed by atoms with Crippen molar-refractivity contribution in [1.82, 2.24) is 4.90 Å². The van der Waals surface area contributed by atoms with Crippen LogP contribution in [0, 0.1) is 0 Å². The van der Waals surface area contributed by atoms with E-state index < -0.39 is 0 Å². The van der Waals surface area contributed by atoms with Crippen LogP contribution in [0.1, 0.15) is 23.7 Å². The fraction of sp³-hybridized carbons (Fsp3) is 0.429. The SMILES string of the molecule is CCSC1CCN2C(=O)c3ccc(Cl)cc3NC(=O)C12. The van der Waals surface area contributed by atoms with Gasteiger partial charge in [-0.25, -0.2) is 0 Å². The topological polar surface area (TPSA) is 49.4 Å². The molecule has 106 valence electrons. The summed E-state index contributed by atoms with van der Waals surface area (Å²) in [6.45, 7) is 2.70. The van der Waals surface area contributed by atoms with E-state index in [-0.39, 0.29) is 23.1 Å². The largest absolute Gasteiger partial charge is 0.325 e. The molecule has 0 bridgehead atoms. The van der Waals surface area contributed by atoms with Gasteiger partial charge in [-0.15, -0.1) is 0 Å². The molecule has 2 aliphatic heterocycles. The fourth-order valence-corrected chi connectivity index (χ4v) is 4.18. The van der Waals surface area contributed by atoms with E-state index >= 15 is 0 Å². The molecule has 1 aromatic rings. The molecule has 0 spiro atoms. The predicted molar refractivity (Wildman–Crippen MR) is 81.4 cm³/mol. The highest BCUT2D eigenvalue weighted by Gasteiger charge is 2.44. The van der Waals surface area contributed by atoms with Gasteiger partial charge in [-0.3, -0.25) is 9.59 Å². The number of rotatable bonds is 2. The minimum absolute atomic E-state index is 0.0841. The number of anilines is 1. The molecule has 0 radical (unpaired) electrons. The molecule has 2 aliphatic rings. The Morgan fingerprint density at radius 2 is 2.25 bits per heavy atom. The van der Waals surface area contributed by atoms with E-state index in [0.717, 1.165) is 12.2 Å². The second-order valence-electron chi connectivity index (χ2n) is 4.91. The number of halogens is 1. The van der Waals surface area contributed by atoms with Gasteiger partial charge in [0.1, 0.15) is 6.04 Å². The molecular formula is C14H15ClN2O2S. The lowest BCUT2D eigenvalue weighted by atomic mass is 10.1. The van der Waals surface area contributed by atoms with Crippen molar-refractivity contribution in [2.24, 2.45) is 0 Å². The number of carbonyl (C=O) groups excluding carboxylic acids is 2. The first-order valence-electron chi connectivity index (χ1n) is 6.65. The molecule has 3 rings (SSSR count). The van der Waals surface area contributed by atoms with Crippen LogP contribution < -0.4 is 5.32 Å². The number of hydrogen-bond acceptors (Lipinski definition) is 3. The normalized spacial score (nSPS) is 25.0. The number of nitrogens with one attached hydrogen (secondary N) is 1. The van der Waals surface area contributed by atoms with Gasteiger partial charge in [0, 0.05) is 16.8 Å². The van der Waals surface area contributed by atoms with Crippen molar-refractivity contribution in [1.29, 1.82) is 0 Å². The lowest BCUT2D eigenvalue weighted by Crippen LogP contribution is -2.44. The molecule has 1 saturated heterocycles. The van der Waals surface area contributed by atoms with Gasteiger partial charge >= 0.3 is 0 Å². The van der Waals surface area contributed by atoms with E-state index in [4.69, 9.17) is 11.6 Å². The van der Waals surface area contributed by atoms with Crippen LogP contribution in [0.15, 0.2) is 18.2 Å². The van der Waals surface area contributed by atoms with Crippen LogP contribution in [-0.2, 0) is 4.79 Å². The Balaban J connectivity index is 2.01. The smallest absolute Gasteiger partial charge is 0.256 e. The summed E-state index contributed by atoms with van der Waals surface area (Å²) in [6, 6.07) is 4.62. The zero-order chi connectivity index (χ0) is 14.3. The van der Waals surface area contributed by atoms with E-state index in [9.17, 15) is 9.59 Å². The van der Waals surface area contributed by atoms with Crippen LogP contribution in [0.5, 0.6) is 0 Å². The van der Waals surface area contributed by atoms with E-state index in [2.05, 4.69) is 12.2 Å². The molecule has 2 amide bonds. The summed E-state index contributed by atoms with van der Waals surface area (Å²) in [5, 5.41) is 3.54. The summed E-state index contributed by atoms with van der Waals surface area (Å²) in [5.41, 5.74) is 1.04. The molecule has 2 atom stereocenters. The zero-order valence-corrected chi connectivity index (χ0v) is 12.6. The number of carbonyl (C=O) groups is 2. The molecule has 1 aromatic carbocycles. The van der Waals surface area contributed by atoms with Gasteiger partial charge in [0.25, 0.3) is 5.91 Å². The van der Waals surface area contributed by atoms with Crippen LogP contribution in [0.3, 0.4) is 0 Å². The first-order valence-corrected chi connectivity index (χ1v) is 8.07. The summed E-state index contributed by atoms with van der Waals surface area (Å²) in [5.74, 6) is 0.747. The molecule has 0 saturated carbocycles. The van der Waals surface area contributed by atoms with Crippen LogP contribution in [0.25, 0.3) is 0 Å². The van der Waals surface area contributed by atoms with Crippen LogP contribution in [0.2, 0.25) is 5.02 Å². The van der Waals surface area contributed by atoms with Crippen molar-refractivity contribution < 1.29 is 9.59 Å². The van der Waals surface area contributed by atoms with Gasteiger partial charge in [-0.2, -0.15) is 11.8 Å². The number of benzene rings is 1. The number of amides is 2. The quantitative estimate of drug-likeness (QED) is 0.913. The van der Waals surface area contributed by atoms with Crippen molar-refractivity contribution in [3.63, 3.8) is 0 Å². The Bertz CT molecular complexity index is 578. The molecule has 0 aliphatic carbocycles. The van der Waals surface area contributed by atoms with Gasteiger partial charge < -0.3 is 10.2 Å². The monoisotopic (exact) mass is 310 g/mol. The third-order valence-corrected chi connectivity index (χ3v) is 5.21. The highest BCUT2D eigenvalue weighted by Crippen LogP contribution is 2.35. The summed E-state index contributed by atoms with van der Waals surface area (Å²) in [6.07, 6.45) is 0.866. The fourth-order valence-electron chi connectivity index (χ4n) is 2.86. The highest BCUT2D eigenvalue weighted by atomic mass is 35.5. The summed E-state index contributed by atoms with van der Waals surface area (Å²) in [4.78, 5) is 26.7. The Labute approximate surface area is 126 Å². The number of thioether (sulfide) groups is 1. The van der Waals surface area contributed by atoms with Crippen LogP contribution >= 0.6 is 23.4 Å². The molecule has 4 nitrogen and oxygen atoms in total. The van der Waals surface area contributed by atoms with Gasteiger partial charge in [0.2, 0.25) is 5.91 Å². The summed E-state index contributed by atoms with van der Waals surface area (Å²) < 4.78 is 0. The maximum absolute atomic E-state index is 12.6. The number of nitrogens with zero attached hydrogens (tertiary/aromatic N) is 1. The van der Waals surface area contributed by atoms with Crippen LogP contribution in [-0.4, -0.2) is 40.3 Å². The minimum Gasteiger partial charge on any atom is -0.325 e. The average Bonchev–Trinajstić information content (AvgIpc) is 2.78. The van der Waals surface area contributed by atoms with Gasteiger partial charge in [0.05, 0.1) is 11.3 Å². The average molecular weight is 311 g/mol. The summed E-state index contributed by atoms with van der Waals surface area (Å²) in [7, 11) is 0. The first kappa shape index (κ1) is 13.8. The standard InChI is InChI=1S/C14H15ClN2O2S/c1-2-20-11-5-6-17-12(11)13(18)16-10-7-8(15)3-4-9(10)14(17)19/h3-4,7,11-12H,2,5-6H2,1H3,(H,16,18). The van der Waals surface area contributed by atoms with E-state index in [1.165, 1.54) is 0 Å². The van der Waals surface area contributed by atoms with Crippen molar-refractivity contribution in [2.45, 2.75) is 24.6 Å². The maximum Gasteiger partial charge on any atom is 0.256 e. The Morgan fingerprint density at radius 3 is 3.00 bits per heavy atom. The lowest BCUT2D eigenvalue weighted by Gasteiger charge is -2.23. The zero-order valence-electron chi connectivity index (χ0n) is 11.1. The molecule has 0 aromatic heterocycles. The summed E-state index contributed by atoms with van der Waals surface area (Å²) >= 11 is 7.68. The van der Waals surface area contributed by atoms with Crippen LogP contribution in [0.4, 0.5) is 5.69 Å². The lowest BCUT2D eigenvalue weighted by molar-refractivity contribution is -0.119. The molecule has 2 heterocycles. The molecule has 1 fully saturated rings. The molecule has 20 heavy (non-hydrogen) atoms. The molecular weight excluding hydrogens is 296 g/mol. The third-order valence-electron chi connectivity index (χ3n) is 3.72. The first-order chi connectivity index (χ1) is 9.61. The highest BCUT2D eigenvalue weighted by molar-refractivity contribution is 7.99. The maximum atomic E-state index is 12.6. The number of hydrogen-bond donors (Lipinski definition) is 1. The Hall–Kier alpha value is -1.20. The van der Waals surface area contributed by atoms with Crippen molar-refractivity contribution >= 4 is 40.9 Å². The van der Waals surface area contributed by atoms with Crippen molar-refractivity contribution in [3.05, 3.63) is 28.8 Å². The molecule has 6 heteroatoms. The van der Waals surface area contributed by atoms with E-state index in [1.807, 2.05) is 0 Å². The van der Waals surface area contributed by atoms with E-state index in [1.54, 1.807) is 34.9 Å². The second-order valence-corrected chi connectivity index (χ2v) is 6.86. The molecule has 1 N–H and O–H groups in total. The minimum atomic E-state index is -0.376. The van der Waals surface area contributed by atoms with Gasteiger partial charge in [-0.05, 0) is 30.4 Å². The Kier molecular flexibility index (Phi) is 3.65. The molecule has 2 unspecified atom stereocenters. The van der Waals surface area contributed by atoms with Crippen molar-refractivity contribution in [2.75, 3.05) is 17.6 Å². The third kappa shape index (κ3) is 2.19. The van der Waals surface area contributed by atoms with E-state index in [0.29, 0.717) is 22.8 Å². The Morgan fingerprint density at radius 1 is 1.45 bits per heavy atom. The number of fused-ring (bicyclic) bond motifs is 2. The van der Waals surface area contributed by atoms with Gasteiger partial charge in [-0.1, -0.05) is 18.5 Å².